The molecule has 1 aliphatic heterocycles. The highest BCUT2D eigenvalue weighted by atomic mass is 32.2. The molecule has 0 aromatic heterocycles. The second-order valence-electron chi connectivity index (χ2n) is 4.16. The van der Waals surface area contributed by atoms with Gasteiger partial charge < -0.3 is 11.1 Å². The topological polar surface area (TPSA) is 89.3 Å². The Labute approximate surface area is 106 Å². The Morgan fingerprint density at radius 1 is 1.33 bits per heavy atom. The number of nitrogens with one attached hydrogen (secondary N) is 1. The van der Waals surface area contributed by atoms with Gasteiger partial charge in [0.1, 0.15) is 6.04 Å². The maximum absolute atomic E-state index is 11.8. The molecule has 1 aliphatic rings. The van der Waals surface area contributed by atoms with Crippen LogP contribution in [0.5, 0.6) is 0 Å². The van der Waals surface area contributed by atoms with Crippen LogP contribution in [0.25, 0.3) is 0 Å². The lowest BCUT2D eigenvalue weighted by Gasteiger charge is -2.15. The summed E-state index contributed by atoms with van der Waals surface area (Å²) in [5, 5.41) is 3.72. The molecule has 0 spiro atoms. The van der Waals surface area contributed by atoms with E-state index in [2.05, 4.69) is 5.32 Å². The van der Waals surface area contributed by atoms with Crippen LogP contribution in [0.1, 0.15) is 11.6 Å². The van der Waals surface area contributed by atoms with E-state index in [0.717, 1.165) is 5.41 Å². The third-order valence-corrected chi connectivity index (χ3v) is 4.09. The molecule has 2 rings (SSSR count). The van der Waals surface area contributed by atoms with Crippen LogP contribution in [0.3, 0.4) is 0 Å². The number of benzene rings is 1. The molecule has 3 N–H and O–H groups in total. The summed E-state index contributed by atoms with van der Waals surface area (Å²) in [6, 6.07) is 7.66. The molecule has 1 unspecified atom stereocenters. The molecular weight excluding hydrogens is 252 g/mol. The average Bonchev–Trinajstić information content (AvgIpc) is 2.68. The molecule has 0 saturated heterocycles. The van der Waals surface area contributed by atoms with Gasteiger partial charge in [-0.2, -0.15) is 0 Å². The van der Waals surface area contributed by atoms with Gasteiger partial charge >= 0.3 is 0 Å². The minimum Gasteiger partial charge on any atom is -0.347 e. The molecule has 2 atom stereocenters. The maximum atomic E-state index is 11.8. The van der Waals surface area contributed by atoms with Crippen molar-refractivity contribution in [2.75, 3.05) is 5.75 Å². The van der Waals surface area contributed by atoms with Crippen molar-refractivity contribution in [1.82, 2.24) is 5.32 Å². The first-order valence-electron chi connectivity index (χ1n) is 5.50. The Hall–Kier alpha value is -1.66. The van der Waals surface area contributed by atoms with Crippen LogP contribution in [0.2, 0.25) is 0 Å². The zero-order chi connectivity index (χ0) is 13.2. The van der Waals surface area contributed by atoms with Gasteiger partial charge in [-0.25, -0.2) is 8.42 Å². The summed E-state index contributed by atoms with van der Waals surface area (Å²) in [4.78, 5) is 11.8. The van der Waals surface area contributed by atoms with Crippen molar-refractivity contribution in [2.45, 2.75) is 12.1 Å². The summed E-state index contributed by atoms with van der Waals surface area (Å²) in [7, 11) is -3.17. The quantitative estimate of drug-likeness (QED) is 0.813. The average molecular weight is 266 g/mol. The van der Waals surface area contributed by atoms with Gasteiger partial charge in [0.15, 0.2) is 9.84 Å². The first-order valence-corrected chi connectivity index (χ1v) is 7.21. The summed E-state index contributed by atoms with van der Waals surface area (Å²) in [5.74, 6) is -0.479. The highest BCUT2D eigenvalue weighted by molar-refractivity contribution is 7.94. The van der Waals surface area contributed by atoms with Crippen molar-refractivity contribution in [1.29, 1.82) is 0 Å². The number of nitrogens with two attached hydrogens (primary N) is 1. The Bertz CT molecular complexity index is 566. The van der Waals surface area contributed by atoms with Crippen LogP contribution in [0, 0.1) is 0 Å². The number of amides is 1. The molecular formula is C12H14N2O3S. The second kappa shape index (κ2) is 4.91. The van der Waals surface area contributed by atoms with E-state index in [1.165, 1.54) is 6.08 Å². The molecule has 6 heteroatoms. The summed E-state index contributed by atoms with van der Waals surface area (Å²) in [6.07, 6.45) is 1.46. The summed E-state index contributed by atoms with van der Waals surface area (Å²) < 4.78 is 22.4. The molecule has 1 amide bonds. The minimum absolute atomic E-state index is 0.0970. The van der Waals surface area contributed by atoms with Crippen molar-refractivity contribution in [3.05, 3.63) is 47.4 Å². The summed E-state index contributed by atoms with van der Waals surface area (Å²) in [6.45, 7) is 0. The van der Waals surface area contributed by atoms with E-state index < -0.39 is 21.9 Å². The summed E-state index contributed by atoms with van der Waals surface area (Å²) >= 11 is 0. The Balaban J connectivity index is 1.99. The maximum Gasteiger partial charge on any atom is 0.242 e. The number of carbonyl (C=O) groups excluding carboxylic acids is 1. The lowest BCUT2D eigenvalue weighted by Crippen LogP contribution is -2.41. The van der Waals surface area contributed by atoms with Crippen LogP contribution in [0.15, 0.2) is 41.8 Å². The fourth-order valence-electron chi connectivity index (χ4n) is 1.75. The molecule has 1 aromatic rings. The normalized spacial score (nSPS) is 22.6. The molecule has 96 valence electrons. The number of sulfone groups is 1. The van der Waals surface area contributed by atoms with Crippen LogP contribution in [0.4, 0.5) is 0 Å². The van der Waals surface area contributed by atoms with E-state index in [-0.39, 0.29) is 11.7 Å². The van der Waals surface area contributed by atoms with Crippen LogP contribution in [-0.4, -0.2) is 26.1 Å². The van der Waals surface area contributed by atoms with E-state index in [9.17, 15) is 13.2 Å². The minimum atomic E-state index is -3.17. The summed E-state index contributed by atoms with van der Waals surface area (Å²) in [5.41, 5.74) is 6.49. The smallest absolute Gasteiger partial charge is 0.242 e. The molecule has 1 aromatic carbocycles. The van der Waals surface area contributed by atoms with Crippen molar-refractivity contribution >= 4 is 15.7 Å². The van der Waals surface area contributed by atoms with E-state index in [0.29, 0.717) is 5.56 Å². The van der Waals surface area contributed by atoms with Crippen molar-refractivity contribution in [2.24, 2.45) is 5.73 Å². The van der Waals surface area contributed by atoms with Gasteiger partial charge in [-0.15, -0.1) is 0 Å². The molecule has 0 saturated carbocycles. The van der Waals surface area contributed by atoms with Crippen LogP contribution in [-0.2, 0) is 14.6 Å². The van der Waals surface area contributed by atoms with Gasteiger partial charge in [-0.3, -0.25) is 4.79 Å². The molecule has 0 fully saturated rings. The number of hydrogen-bond donors (Lipinski definition) is 2. The third kappa shape index (κ3) is 2.96. The second-order valence-corrected chi connectivity index (χ2v) is 6.09. The first-order chi connectivity index (χ1) is 8.48. The number of rotatable bonds is 3. The Morgan fingerprint density at radius 2 is 2.00 bits per heavy atom. The predicted molar refractivity (Wildman–Crippen MR) is 68.2 cm³/mol. The standard InChI is InChI=1S/C12H14N2O3S/c13-11(9-4-2-1-3-5-9)12(15)14-10-6-7-18(16,17)8-10/h1-7,10-11H,8,13H2,(H,14,15)/t10?,11-/m1/s1. The number of carbonyl (C=O) groups is 1. The van der Waals surface area contributed by atoms with Gasteiger partial charge in [0.2, 0.25) is 5.91 Å². The van der Waals surface area contributed by atoms with Gasteiger partial charge in [0.05, 0.1) is 11.8 Å². The van der Waals surface area contributed by atoms with Gasteiger partial charge in [-0.05, 0) is 11.6 Å². The van der Waals surface area contributed by atoms with Crippen LogP contribution < -0.4 is 11.1 Å². The molecule has 0 aliphatic carbocycles. The largest absolute Gasteiger partial charge is 0.347 e. The predicted octanol–water partition coefficient (Wildman–Crippen LogP) is 0.113. The van der Waals surface area contributed by atoms with E-state index in [1.807, 2.05) is 6.07 Å². The van der Waals surface area contributed by atoms with Gasteiger partial charge in [0.25, 0.3) is 0 Å². The SMILES string of the molecule is N[C@@H](C(=O)NC1C=CS(=O)(=O)C1)c1ccccc1. The van der Waals surface area contributed by atoms with E-state index >= 15 is 0 Å². The van der Waals surface area contributed by atoms with E-state index in [1.54, 1.807) is 24.3 Å². The Kier molecular flexibility index (Phi) is 3.49. The Morgan fingerprint density at radius 3 is 2.56 bits per heavy atom. The molecule has 0 radical (unpaired) electrons. The fourth-order valence-corrected chi connectivity index (χ4v) is 2.99. The lowest BCUT2D eigenvalue weighted by molar-refractivity contribution is -0.122. The molecule has 0 bridgehead atoms. The van der Waals surface area contributed by atoms with Crippen molar-refractivity contribution in [3.8, 4) is 0 Å². The zero-order valence-corrected chi connectivity index (χ0v) is 10.4. The van der Waals surface area contributed by atoms with Gasteiger partial charge in [-0.1, -0.05) is 30.3 Å². The fraction of sp³-hybridized carbons (Fsp3) is 0.250. The number of hydrogen-bond acceptors (Lipinski definition) is 4. The highest BCUT2D eigenvalue weighted by Gasteiger charge is 2.25. The highest BCUT2D eigenvalue weighted by Crippen LogP contribution is 2.12. The first kappa shape index (κ1) is 12.8. The lowest BCUT2D eigenvalue weighted by atomic mass is 10.1. The van der Waals surface area contributed by atoms with Crippen molar-refractivity contribution in [3.63, 3.8) is 0 Å². The molecule has 18 heavy (non-hydrogen) atoms. The zero-order valence-electron chi connectivity index (χ0n) is 9.61. The van der Waals surface area contributed by atoms with Crippen LogP contribution >= 0.6 is 0 Å². The molecule has 1 heterocycles. The van der Waals surface area contributed by atoms with E-state index in [4.69, 9.17) is 5.73 Å². The third-order valence-electron chi connectivity index (χ3n) is 2.70. The van der Waals surface area contributed by atoms with Gasteiger partial charge in [0, 0.05) is 5.41 Å². The molecule has 5 nitrogen and oxygen atoms in total. The van der Waals surface area contributed by atoms with Crippen molar-refractivity contribution < 1.29 is 13.2 Å². The monoisotopic (exact) mass is 266 g/mol.